The zero-order valence-electron chi connectivity index (χ0n) is 30.2. The monoisotopic (exact) mass is 760 g/mol. The van der Waals surface area contributed by atoms with Crippen LogP contribution in [0, 0.1) is 0 Å². The second-order valence-corrected chi connectivity index (χ2v) is 11.9. The number of nitrogens with two attached hydrogens (primary N) is 2. The molecule has 0 aliphatic heterocycles. The highest BCUT2D eigenvalue weighted by Crippen LogP contribution is 2.20. The van der Waals surface area contributed by atoms with E-state index >= 15 is 0 Å². The third-order valence-corrected chi connectivity index (χ3v) is 7.89. The highest BCUT2D eigenvalue weighted by Gasteiger charge is 2.17. The van der Waals surface area contributed by atoms with Gasteiger partial charge in [0.1, 0.15) is 24.2 Å². The van der Waals surface area contributed by atoms with Crippen molar-refractivity contribution in [1.82, 2.24) is 39.0 Å². The van der Waals surface area contributed by atoms with Gasteiger partial charge in [0, 0.05) is 14.2 Å². The van der Waals surface area contributed by atoms with Crippen LogP contribution in [0.3, 0.4) is 0 Å². The van der Waals surface area contributed by atoms with Gasteiger partial charge in [0.05, 0.1) is 46.3 Å². The second-order valence-electron chi connectivity index (χ2n) is 11.9. The Morgan fingerprint density at radius 1 is 0.673 bits per heavy atom. The number of carbonyl (C=O) groups excluding carboxylic acids is 1. The first-order valence-corrected chi connectivity index (χ1v) is 16.7. The molecule has 0 radical (unpaired) electrons. The standard InChI is InChI=1S/C18H21N5O5.C17H19N5O5/c1-26-6-7-28-17-21-15(19)14-16(22-17)23(18(25)20-14)10-12-5-3-4-11(8-12)9-13(24)27-2;1-26-5-6-27-16-20-14(18)13-15(21-16)22(17(25)19-13)9-11-4-2-3-10(7-11)8-12(23)24/h3-5,8H,6-7,9-10H2,1-2H3,(H,20,25)(H2,19,21,22);2-4,7H,5-6,8-9H2,1H3,(H,19,25)(H,23,24)(H2,18,20,21). The first-order chi connectivity index (χ1) is 26.5. The maximum atomic E-state index is 12.4. The van der Waals surface area contributed by atoms with Gasteiger partial charge in [-0.05, 0) is 22.3 Å². The minimum atomic E-state index is -0.922. The van der Waals surface area contributed by atoms with Crippen LogP contribution in [0.2, 0.25) is 0 Å². The van der Waals surface area contributed by atoms with Crippen molar-refractivity contribution >= 4 is 45.9 Å². The number of carboxylic acid groups (broad SMARTS) is 1. The van der Waals surface area contributed by atoms with Gasteiger partial charge in [-0.25, -0.2) is 9.59 Å². The van der Waals surface area contributed by atoms with Gasteiger partial charge in [0.15, 0.2) is 22.9 Å². The molecular weight excluding hydrogens is 720 g/mol. The first-order valence-electron chi connectivity index (χ1n) is 16.7. The van der Waals surface area contributed by atoms with E-state index in [1.54, 1.807) is 38.5 Å². The number of carboxylic acids is 1. The van der Waals surface area contributed by atoms with Crippen LogP contribution in [0.25, 0.3) is 22.3 Å². The van der Waals surface area contributed by atoms with E-state index in [4.69, 9.17) is 40.3 Å². The number of carbonyl (C=O) groups is 2. The fourth-order valence-corrected chi connectivity index (χ4v) is 5.37. The molecule has 4 heterocycles. The maximum Gasteiger partial charge on any atom is 0.328 e. The van der Waals surface area contributed by atoms with E-state index < -0.39 is 11.7 Å². The molecule has 0 spiro atoms. The number of aliphatic carboxylic acids is 1. The van der Waals surface area contributed by atoms with Crippen LogP contribution < -0.4 is 32.3 Å². The number of H-pyrrole nitrogens is 2. The highest BCUT2D eigenvalue weighted by atomic mass is 16.5. The van der Waals surface area contributed by atoms with Crippen LogP contribution in [-0.2, 0) is 49.7 Å². The molecule has 20 heteroatoms. The van der Waals surface area contributed by atoms with Gasteiger partial charge in [0.25, 0.3) is 0 Å². The lowest BCUT2D eigenvalue weighted by Crippen LogP contribution is -2.18. The number of anilines is 2. The molecule has 7 N–H and O–H groups in total. The molecule has 0 amide bonds. The van der Waals surface area contributed by atoms with Crippen molar-refractivity contribution in [3.8, 4) is 12.0 Å². The summed E-state index contributed by atoms with van der Waals surface area (Å²) in [6.45, 7) is 1.66. The average molecular weight is 761 g/mol. The lowest BCUT2D eigenvalue weighted by molar-refractivity contribution is -0.140. The molecular formula is C35H40N10O10. The SMILES string of the molecule is COCCOc1nc(N)c2[nH]c(=O)n(Cc3cccc(CC(=O)O)c3)c2n1.COCCOc1nc(N)c2[nH]c(=O)n(Cc3cccc(CC(=O)OC)c3)c2n1. The molecule has 0 saturated heterocycles. The summed E-state index contributed by atoms with van der Waals surface area (Å²) in [4.78, 5) is 69.1. The van der Waals surface area contributed by atoms with E-state index in [1.807, 2.05) is 24.3 Å². The van der Waals surface area contributed by atoms with Gasteiger partial charge < -0.3 is 50.2 Å². The number of aromatic nitrogens is 8. The van der Waals surface area contributed by atoms with Crippen molar-refractivity contribution in [1.29, 1.82) is 0 Å². The molecule has 0 unspecified atom stereocenters. The number of benzene rings is 2. The van der Waals surface area contributed by atoms with Crippen molar-refractivity contribution in [2.45, 2.75) is 25.9 Å². The molecule has 20 nitrogen and oxygen atoms in total. The lowest BCUT2D eigenvalue weighted by Gasteiger charge is -2.08. The molecule has 0 aliphatic carbocycles. The molecule has 290 valence electrons. The Kier molecular flexibility index (Phi) is 13.1. The van der Waals surface area contributed by atoms with Crippen molar-refractivity contribution < 1.29 is 38.4 Å². The topological polar surface area (TPSA) is 280 Å². The molecule has 0 bridgehead atoms. The van der Waals surface area contributed by atoms with Crippen LogP contribution in [-0.4, -0.2) is 104 Å². The van der Waals surface area contributed by atoms with E-state index in [-0.39, 0.29) is 74.5 Å². The number of aromatic amines is 2. The lowest BCUT2D eigenvalue weighted by atomic mass is 10.1. The fourth-order valence-electron chi connectivity index (χ4n) is 5.37. The van der Waals surface area contributed by atoms with Gasteiger partial charge in [-0.15, -0.1) is 0 Å². The third kappa shape index (κ3) is 10.2. The van der Waals surface area contributed by atoms with Crippen LogP contribution in [0.5, 0.6) is 12.0 Å². The summed E-state index contributed by atoms with van der Waals surface area (Å²) in [6, 6.07) is 14.4. The Labute approximate surface area is 312 Å². The first kappa shape index (κ1) is 39.4. The summed E-state index contributed by atoms with van der Waals surface area (Å²) in [5, 5.41) is 8.94. The third-order valence-electron chi connectivity index (χ3n) is 7.89. The van der Waals surface area contributed by atoms with E-state index in [9.17, 15) is 19.2 Å². The number of methoxy groups -OCH3 is 3. The number of hydrogen-bond acceptors (Lipinski definition) is 15. The van der Waals surface area contributed by atoms with Crippen LogP contribution in [0.4, 0.5) is 11.6 Å². The Morgan fingerprint density at radius 3 is 1.53 bits per heavy atom. The number of fused-ring (bicyclic) bond motifs is 2. The van der Waals surface area contributed by atoms with Gasteiger partial charge in [-0.3, -0.25) is 18.7 Å². The molecule has 2 aromatic carbocycles. The van der Waals surface area contributed by atoms with E-state index in [0.29, 0.717) is 41.1 Å². The Hall–Kier alpha value is -6.80. The normalized spacial score (nSPS) is 11.0. The molecule has 0 atom stereocenters. The molecule has 0 fully saturated rings. The van der Waals surface area contributed by atoms with Crippen molar-refractivity contribution in [3.05, 3.63) is 91.8 Å². The van der Waals surface area contributed by atoms with Gasteiger partial charge in [-0.1, -0.05) is 48.5 Å². The quantitative estimate of drug-likeness (QED) is 0.0677. The number of nitrogen functional groups attached to an aromatic ring is 2. The maximum absolute atomic E-state index is 12.4. The van der Waals surface area contributed by atoms with Crippen molar-refractivity contribution in [3.63, 3.8) is 0 Å². The summed E-state index contributed by atoms with van der Waals surface area (Å²) in [6.07, 6.45) is 0.0585. The van der Waals surface area contributed by atoms with E-state index in [1.165, 1.54) is 16.2 Å². The summed E-state index contributed by atoms with van der Waals surface area (Å²) in [5.74, 6) is -1.04. The predicted octanol–water partition coefficient (Wildman–Crippen LogP) is 0.893. The average Bonchev–Trinajstić information content (AvgIpc) is 3.64. The second kappa shape index (κ2) is 18.3. The van der Waals surface area contributed by atoms with Gasteiger partial charge >= 0.3 is 35.3 Å². The summed E-state index contributed by atoms with van der Waals surface area (Å²) in [7, 11) is 4.44. The number of hydrogen-bond donors (Lipinski definition) is 5. The Morgan fingerprint density at radius 2 is 1.11 bits per heavy atom. The minimum Gasteiger partial charge on any atom is -0.481 e. The zero-order valence-corrected chi connectivity index (χ0v) is 30.2. The van der Waals surface area contributed by atoms with E-state index in [2.05, 4.69) is 29.9 Å². The minimum absolute atomic E-state index is 0.0458. The van der Waals surface area contributed by atoms with E-state index in [0.717, 1.165) is 16.7 Å². The molecule has 55 heavy (non-hydrogen) atoms. The van der Waals surface area contributed by atoms with Crippen LogP contribution >= 0.6 is 0 Å². The number of nitrogens with zero attached hydrogens (tertiary/aromatic N) is 6. The number of imidazole rings is 2. The summed E-state index contributed by atoms with van der Waals surface area (Å²) in [5.41, 5.74) is 15.4. The summed E-state index contributed by atoms with van der Waals surface area (Å²) < 4.78 is 28.2. The summed E-state index contributed by atoms with van der Waals surface area (Å²) >= 11 is 0. The number of ether oxygens (including phenoxy) is 5. The van der Waals surface area contributed by atoms with Crippen LogP contribution in [0.1, 0.15) is 22.3 Å². The molecule has 0 aliphatic rings. The van der Waals surface area contributed by atoms with Gasteiger partial charge in [0.2, 0.25) is 0 Å². The number of nitrogens with one attached hydrogen (secondary N) is 2. The highest BCUT2D eigenvalue weighted by molar-refractivity contribution is 5.82. The predicted molar refractivity (Wildman–Crippen MR) is 198 cm³/mol. The Balaban J connectivity index is 0.000000211. The molecule has 6 rings (SSSR count). The van der Waals surface area contributed by atoms with Crippen LogP contribution in [0.15, 0.2) is 58.1 Å². The van der Waals surface area contributed by atoms with Gasteiger partial charge in [-0.2, -0.15) is 19.9 Å². The Bertz CT molecular complexity index is 2400. The number of rotatable bonds is 16. The molecule has 4 aromatic heterocycles. The fraction of sp³-hybridized carbons (Fsp3) is 0.314. The van der Waals surface area contributed by atoms with Crippen molar-refractivity contribution in [2.75, 3.05) is 59.2 Å². The number of esters is 1. The largest absolute Gasteiger partial charge is 0.481 e. The smallest absolute Gasteiger partial charge is 0.328 e. The zero-order chi connectivity index (χ0) is 39.5. The van der Waals surface area contributed by atoms with Crippen molar-refractivity contribution in [2.24, 2.45) is 0 Å². The molecule has 0 saturated carbocycles. The molecule has 6 aromatic rings.